The standard InChI is InChI=1S/C17H10Cl4N2O/c1-9-13(6-10-2-3-11(18)7-15(10)20)17(24)23(22-9)12-4-5-14(19)16(21)8-12/h2-8H,1H3/b13-6+. The number of amides is 1. The maximum Gasteiger partial charge on any atom is 0.280 e. The minimum absolute atomic E-state index is 0.267. The summed E-state index contributed by atoms with van der Waals surface area (Å²) in [5.41, 5.74) is 2.26. The van der Waals surface area contributed by atoms with E-state index < -0.39 is 0 Å². The average molecular weight is 400 g/mol. The van der Waals surface area contributed by atoms with Crippen LogP contribution in [0.3, 0.4) is 0 Å². The highest BCUT2D eigenvalue weighted by Gasteiger charge is 2.29. The lowest BCUT2D eigenvalue weighted by molar-refractivity contribution is -0.114. The number of hydrogen-bond donors (Lipinski definition) is 0. The minimum Gasteiger partial charge on any atom is -0.267 e. The quantitative estimate of drug-likeness (QED) is 0.561. The lowest BCUT2D eigenvalue weighted by atomic mass is 10.1. The Balaban J connectivity index is 1.98. The van der Waals surface area contributed by atoms with Crippen LogP contribution < -0.4 is 5.01 Å². The third kappa shape index (κ3) is 3.31. The number of benzene rings is 2. The monoisotopic (exact) mass is 398 g/mol. The van der Waals surface area contributed by atoms with Crippen LogP contribution >= 0.6 is 46.4 Å². The average Bonchev–Trinajstić information content (AvgIpc) is 2.80. The molecule has 24 heavy (non-hydrogen) atoms. The Hall–Kier alpha value is -1.52. The molecule has 0 saturated heterocycles. The predicted octanol–water partition coefficient (Wildman–Crippen LogP) is 6.11. The fraction of sp³-hybridized carbons (Fsp3) is 0.0588. The summed E-state index contributed by atoms with van der Waals surface area (Å²) >= 11 is 24.0. The van der Waals surface area contributed by atoms with Crippen molar-refractivity contribution in [2.45, 2.75) is 6.92 Å². The zero-order valence-corrected chi connectivity index (χ0v) is 15.4. The lowest BCUT2D eigenvalue weighted by Gasteiger charge is -2.12. The summed E-state index contributed by atoms with van der Waals surface area (Å²) in [5, 5.41) is 7.34. The summed E-state index contributed by atoms with van der Waals surface area (Å²) < 4.78 is 0. The fourth-order valence-electron chi connectivity index (χ4n) is 2.25. The van der Waals surface area contributed by atoms with E-state index in [1.807, 2.05) is 0 Å². The summed E-state index contributed by atoms with van der Waals surface area (Å²) in [4.78, 5) is 12.7. The summed E-state index contributed by atoms with van der Waals surface area (Å²) in [6, 6.07) is 9.98. The summed E-state index contributed by atoms with van der Waals surface area (Å²) in [5.74, 6) is -0.267. The van der Waals surface area contributed by atoms with Crippen molar-refractivity contribution in [2.24, 2.45) is 5.10 Å². The van der Waals surface area contributed by atoms with Gasteiger partial charge in [0.1, 0.15) is 0 Å². The molecule has 1 heterocycles. The van der Waals surface area contributed by atoms with Crippen molar-refractivity contribution in [1.29, 1.82) is 0 Å². The van der Waals surface area contributed by atoms with Crippen LogP contribution in [0.1, 0.15) is 12.5 Å². The Labute approximate surface area is 159 Å². The van der Waals surface area contributed by atoms with Gasteiger partial charge in [-0.1, -0.05) is 52.5 Å². The van der Waals surface area contributed by atoms with Crippen LogP contribution in [0.25, 0.3) is 6.08 Å². The van der Waals surface area contributed by atoms with Crippen LogP contribution in [0, 0.1) is 0 Å². The van der Waals surface area contributed by atoms with E-state index in [0.717, 1.165) is 0 Å². The molecule has 1 aliphatic heterocycles. The number of hydrazone groups is 1. The molecule has 0 spiro atoms. The number of rotatable bonds is 2. The topological polar surface area (TPSA) is 32.7 Å². The Morgan fingerprint density at radius 2 is 1.71 bits per heavy atom. The van der Waals surface area contributed by atoms with Crippen molar-refractivity contribution in [2.75, 3.05) is 5.01 Å². The SMILES string of the molecule is CC1=NN(c2ccc(Cl)c(Cl)c2)C(=O)/C1=C/c1ccc(Cl)cc1Cl. The second-order valence-electron chi connectivity index (χ2n) is 5.12. The molecular formula is C17H10Cl4N2O. The second kappa shape index (κ2) is 6.77. The number of hydrogen-bond acceptors (Lipinski definition) is 2. The van der Waals surface area contributed by atoms with Gasteiger partial charge in [-0.05, 0) is 48.9 Å². The van der Waals surface area contributed by atoms with E-state index in [9.17, 15) is 4.79 Å². The Bertz CT molecular complexity index is 905. The maximum absolute atomic E-state index is 12.7. The van der Waals surface area contributed by atoms with E-state index >= 15 is 0 Å². The molecule has 0 saturated carbocycles. The zero-order chi connectivity index (χ0) is 17.4. The van der Waals surface area contributed by atoms with Crippen LogP contribution in [0.2, 0.25) is 20.1 Å². The highest BCUT2D eigenvalue weighted by atomic mass is 35.5. The first-order valence-corrected chi connectivity index (χ1v) is 8.40. The number of carbonyl (C=O) groups excluding carboxylic acids is 1. The minimum atomic E-state index is -0.267. The van der Waals surface area contributed by atoms with Gasteiger partial charge in [-0.15, -0.1) is 0 Å². The van der Waals surface area contributed by atoms with E-state index in [1.165, 1.54) is 5.01 Å². The molecule has 7 heteroatoms. The van der Waals surface area contributed by atoms with E-state index in [2.05, 4.69) is 5.10 Å². The third-order valence-corrected chi connectivity index (χ3v) is 4.77. The van der Waals surface area contributed by atoms with Gasteiger partial charge in [0.2, 0.25) is 0 Å². The van der Waals surface area contributed by atoms with Crippen LogP contribution in [-0.4, -0.2) is 11.6 Å². The Morgan fingerprint density at radius 3 is 2.38 bits per heavy atom. The van der Waals surface area contributed by atoms with Crippen LogP contribution in [0.5, 0.6) is 0 Å². The van der Waals surface area contributed by atoms with Crippen LogP contribution in [-0.2, 0) is 4.79 Å². The molecule has 3 nitrogen and oxygen atoms in total. The Kier molecular flexibility index (Phi) is 4.88. The van der Waals surface area contributed by atoms with Gasteiger partial charge in [-0.25, -0.2) is 0 Å². The lowest BCUT2D eigenvalue weighted by Crippen LogP contribution is -2.21. The molecule has 2 aromatic carbocycles. The normalized spacial score (nSPS) is 16.0. The molecule has 0 radical (unpaired) electrons. The molecule has 1 aliphatic rings. The molecular weight excluding hydrogens is 390 g/mol. The smallest absolute Gasteiger partial charge is 0.267 e. The van der Waals surface area contributed by atoms with E-state index in [0.29, 0.717) is 42.6 Å². The third-order valence-electron chi connectivity index (χ3n) is 3.47. The molecule has 0 bridgehead atoms. The highest BCUT2D eigenvalue weighted by Crippen LogP contribution is 2.31. The van der Waals surface area contributed by atoms with Gasteiger partial charge in [0.15, 0.2) is 0 Å². The number of anilines is 1. The first-order valence-electron chi connectivity index (χ1n) is 6.88. The fourth-order valence-corrected chi connectivity index (χ4v) is 3.01. The van der Waals surface area contributed by atoms with Crippen molar-refractivity contribution < 1.29 is 4.79 Å². The van der Waals surface area contributed by atoms with Gasteiger partial charge in [0.25, 0.3) is 5.91 Å². The molecule has 0 aromatic heterocycles. The summed E-state index contributed by atoms with van der Waals surface area (Å²) in [6.45, 7) is 1.76. The van der Waals surface area contributed by atoms with E-state index in [1.54, 1.807) is 49.4 Å². The van der Waals surface area contributed by atoms with Gasteiger partial charge in [0, 0.05) is 10.0 Å². The van der Waals surface area contributed by atoms with Crippen molar-refractivity contribution >= 4 is 69.8 Å². The summed E-state index contributed by atoms with van der Waals surface area (Å²) in [7, 11) is 0. The van der Waals surface area contributed by atoms with Gasteiger partial charge in [0.05, 0.1) is 27.0 Å². The highest BCUT2D eigenvalue weighted by molar-refractivity contribution is 6.42. The van der Waals surface area contributed by atoms with Crippen molar-refractivity contribution in [1.82, 2.24) is 0 Å². The van der Waals surface area contributed by atoms with Crippen molar-refractivity contribution in [3.63, 3.8) is 0 Å². The number of carbonyl (C=O) groups is 1. The first-order chi connectivity index (χ1) is 11.4. The van der Waals surface area contributed by atoms with E-state index in [4.69, 9.17) is 46.4 Å². The molecule has 0 fully saturated rings. The summed E-state index contributed by atoms with van der Waals surface area (Å²) in [6.07, 6.45) is 1.69. The molecule has 3 rings (SSSR count). The maximum atomic E-state index is 12.7. The van der Waals surface area contributed by atoms with Crippen molar-refractivity contribution in [3.05, 3.63) is 67.6 Å². The van der Waals surface area contributed by atoms with Crippen LogP contribution in [0.4, 0.5) is 5.69 Å². The van der Waals surface area contributed by atoms with Gasteiger partial charge < -0.3 is 0 Å². The number of nitrogens with zero attached hydrogens (tertiary/aromatic N) is 2. The molecule has 0 aliphatic carbocycles. The molecule has 2 aromatic rings. The first kappa shape index (κ1) is 17.3. The molecule has 0 atom stereocenters. The van der Waals surface area contributed by atoms with Crippen LogP contribution in [0.15, 0.2) is 47.1 Å². The molecule has 0 N–H and O–H groups in total. The van der Waals surface area contributed by atoms with E-state index in [-0.39, 0.29) is 5.91 Å². The predicted molar refractivity (Wildman–Crippen MR) is 101 cm³/mol. The second-order valence-corrected chi connectivity index (χ2v) is 6.78. The van der Waals surface area contributed by atoms with Gasteiger partial charge in [-0.2, -0.15) is 10.1 Å². The number of halogens is 4. The Morgan fingerprint density at radius 1 is 0.958 bits per heavy atom. The zero-order valence-electron chi connectivity index (χ0n) is 12.4. The molecule has 0 unspecified atom stereocenters. The largest absolute Gasteiger partial charge is 0.280 e. The van der Waals surface area contributed by atoms with Gasteiger partial charge >= 0.3 is 0 Å². The molecule has 122 valence electrons. The van der Waals surface area contributed by atoms with Gasteiger partial charge in [-0.3, -0.25) is 4.79 Å². The molecule has 1 amide bonds. The van der Waals surface area contributed by atoms with Crippen molar-refractivity contribution in [3.8, 4) is 0 Å².